The first-order valence-corrected chi connectivity index (χ1v) is 6.52. The van der Waals surface area contributed by atoms with E-state index < -0.39 is 5.54 Å². The molecule has 0 aromatic heterocycles. The number of rotatable bonds is 8. The number of hydrogen-bond acceptors (Lipinski definition) is 3. The van der Waals surface area contributed by atoms with Crippen molar-refractivity contribution in [2.75, 3.05) is 13.7 Å². The van der Waals surface area contributed by atoms with Crippen molar-refractivity contribution in [1.29, 1.82) is 0 Å². The summed E-state index contributed by atoms with van der Waals surface area (Å²) < 4.78 is 4.97. The van der Waals surface area contributed by atoms with Gasteiger partial charge < -0.3 is 10.1 Å². The molecule has 1 rings (SSSR count). The third-order valence-electron chi connectivity index (χ3n) is 3.36. The summed E-state index contributed by atoms with van der Waals surface area (Å²) in [5, 5.41) is 3.47. The van der Waals surface area contributed by atoms with E-state index in [0.717, 1.165) is 38.1 Å². The van der Waals surface area contributed by atoms with Crippen molar-refractivity contribution in [3.05, 3.63) is 0 Å². The van der Waals surface area contributed by atoms with Crippen LogP contribution in [-0.4, -0.2) is 25.2 Å². The number of esters is 1. The normalized spacial score (nSPS) is 16.2. The highest BCUT2D eigenvalue weighted by molar-refractivity contribution is 5.80. The van der Waals surface area contributed by atoms with Gasteiger partial charge >= 0.3 is 5.97 Å². The summed E-state index contributed by atoms with van der Waals surface area (Å²) in [6.07, 6.45) is 6.38. The van der Waals surface area contributed by atoms with E-state index in [4.69, 9.17) is 4.74 Å². The highest BCUT2D eigenvalue weighted by atomic mass is 16.5. The molecule has 1 N–H and O–H groups in total. The highest BCUT2D eigenvalue weighted by Gasteiger charge is 2.38. The second-order valence-electron chi connectivity index (χ2n) is 4.90. The number of ether oxygens (including phenoxy) is 1. The molecular weight excluding hydrogens is 202 g/mol. The highest BCUT2D eigenvalue weighted by Crippen LogP contribution is 2.30. The fourth-order valence-corrected chi connectivity index (χ4v) is 2.29. The second-order valence-corrected chi connectivity index (χ2v) is 4.90. The molecule has 0 unspecified atom stereocenters. The number of hydrogen-bond donors (Lipinski definition) is 1. The van der Waals surface area contributed by atoms with Crippen molar-refractivity contribution in [1.82, 2.24) is 5.32 Å². The zero-order chi connectivity index (χ0) is 12.0. The zero-order valence-corrected chi connectivity index (χ0v) is 10.8. The quantitative estimate of drug-likeness (QED) is 0.647. The van der Waals surface area contributed by atoms with Gasteiger partial charge in [-0.2, -0.15) is 0 Å². The van der Waals surface area contributed by atoms with Gasteiger partial charge in [0.25, 0.3) is 0 Å². The van der Waals surface area contributed by atoms with Crippen LogP contribution in [0.15, 0.2) is 0 Å². The fourth-order valence-electron chi connectivity index (χ4n) is 2.29. The van der Waals surface area contributed by atoms with Gasteiger partial charge in [-0.25, -0.2) is 0 Å². The maximum Gasteiger partial charge on any atom is 0.326 e. The molecule has 1 aliphatic carbocycles. The topological polar surface area (TPSA) is 38.3 Å². The summed E-state index contributed by atoms with van der Waals surface area (Å²) >= 11 is 0. The predicted molar refractivity (Wildman–Crippen MR) is 65.3 cm³/mol. The molecule has 0 aromatic rings. The van der Waals surface area contributed by atoms with Crippen LogP contribution in [0.1, 0.15) is 52.4 Å². The SMILES string of the molecule is CCCC(CCC)(NCC1CC1)C(=O)OC. The Labute approximate surface area is 98.9 Å². The van der Waals surface area contributed by atoms with Gasteiger partial charge in [0.05, 0.1) is 7.11 Å². The average Bonchev–Trinajstić information content (AvgIpc) is 3.09. The molecule has 1 aliphatic rings. The first kappa shape index (κ1) is 13.5. The first-order valence-electron chi connectivity index (χ1n) is 6.52. The Bertz CT molecular complexity index is 218. The fraction of sp³-hybridized carbons (Fsp3) is 0.923. The van der Waals surface area contributed by atoms with Crippen molar-refractivity contribution >= 4 is 5.97 Å². The van der Waals surface area contributed by atoms with Crippen molar-refractivity contribution in [3.63, 3.8) is 0 Å². The third-order valence-corrected chi connectivity index (χ3v) is 3.36. The molecular formula is C13H25NO2. The minimum absolute atomic E-state index is 0.0862. The Morgan fingerprint density at radius 1 is 1.31 bits per heavy atom. The van der Waals surface area contributed by atoms with Crippen LogP contribution in [0, 0.1) is 5.92 Å². The molecule has 0 aliphatic heterocycles. The van der Waals surface area contributed by atoms with E-state index in [1.54, 1.807) is 0 Å². The molecule has 0 bridgehead atoms. The summed E-state index contributed by atoms with van der Waals surface area (Å²) in [5.41, 5.74) is -0.430. The Balaban J connectivity index is 2.62. The van der Waals surface area contributed by atoms with Crippen LogP contribution in [0.25, 0.3) is 0 Å². The van der Waals surface area contributed by atoms with E-state index >= 15 is 0 Å². The summed E-state index contributed by atoms with van der Waals surface area (Å²) in [4.78, 5) is 12.0. The summed E-state index contributed by atoms with van der Waals surface area (Å²) in [5.74, 6) is 0.703. The predicted octanol–water partition coefficient (Wildman–Crippen LogP) is 2.50. The first-order chi connectivity index (χ1) is 7.68. The van der Waals surface area contributed by atoms with Crippen LogP contribution in [0.2, 0.25) is 0 Å². The van der Waals surface area contributed by atoms with E-state index in [9.17, 15) is 4.79 Å². The lowest BCUT2D eigenvalue weighted by Gasteiger charge is -2.32. The minimum Gasteiger partial charge on any atom is -0.468 e. The average molecular weight is 227 g/mol. The molecule has 0 aromatic carbocycles. The molecule has 0 saturated heterocycles. The Hall–Kier alpha value is -0.570. The molecule has 1 fully saturated rings. The maximum atomic E-state index is 12.0. The molecule has 3 heteroatoms. The van der Waals surface area contributed by atoms with Gasteiger partial charge in [-0.05, 0) is 38.1 Å². The van der Waals surface area contributed by atoms with Crippen LogP contribution < -0.4 is 5.32 Å². The maximum absolute atomic E-state index is 12.0. The molecule has 0 atom stereocenters. The molecule has 1 saturated carbocycles. The lowest BCUT2D eigenvalue weighted by molar-refractivity contribution is -0.149. The van der Waals surface area contributed by atoms with E-state index in [1.807, 2.05) is 0 Å². The van der Waals surface area contributed by atoms with Crippen molar-refractivity contribution in [2.45, 2.75) is 57.9 Å². The van der Waals surface area contributed by atoms with Gasteiger partial charge in [0.2, 0.25) is 0 Å². The van der Waals surface area contributed by atoms with Crippen LogP contribution in [0.3, 0.4) is 0 Å². The Kier molecular flexibility index (Phi) is 5.26. The van der Waals surface area contributed by atoms with E-state index in [2.05, 4.69) is 19.2 Å². The lowest BCUT2D eigenvalue weighted by Crippen LogP contribution is -2.53. The summed E-state index contributed by atoms with van der Waals surface area (Å²) in [6.45, 7) is 5.20. The monoisotopic (exact) mass is 227 g/mol. The van der Waals surface area contributed by atoms with Gasteiger partial charge in [-0.15, -0.1) is 0 Å². The molecule has 0 heterocycles. The summed E-state index contributed by atoms with van der Waals surface area (Å²) in [7, 11) is 1.49. The van der Waals surface area contributed by atoms with Gasteiger partial charge in [0, 0.05) is 0 Å². The van der Waals surface area contributed by atoms with E-state index in [-0.39, 0.29) is 5.97 Å². The Morgan fingerprint density at radius 3 is 2.25 bits per heavy atom. The minimum atomic E-state index is -0.430. The van der Waals surface area contributed by atoms with Crippen LogP contribution in [-0.2, 0) is 9.53 Å². The van der Waals surface area contributed by atoms with Gasteiger partial charge in [0.1, 0.15) is 5.54 Å². The Morgan fingerprint density at radius 2 is 1.88 bits per heavy atom. The van der Waals surface area contributed by atoms with Gasteiger partial charge in [-0.1, -0.05) is 26.7 Å². The smallest absolute Gasteiger partial charge is 0.326 e. The van der Waals surface area contributed by atoms with E-state index in [1.165, 1.54) is 20.0 Å². The zero-order valence-electron chi connectivity index (χ0n) is 10.8. The molecule has 0 spiro atoms. The number of carbonyl (C=O) groups is 1. The van der Waals surface area contributed by atoms with Crippen molar-refractivity contribution in [3.8, 4) is 0 Å². The van der Waals surface area contributed by atoms with Crippen LogP contribution in [0.5, 0.6) is 0 Å². The lowest BCUT2D eigenvalue weighted by atomic mass is 9.88. The molecule has 0 radical (unpaired) electrons. The van der Waals surface area contributed by atoms with Gasteiger partial charge in [0.15, 0.2) is 0 Å². The molecule has 16 heavy (non-hydrogen) atoms. The second kappa shape index (κ2) is 6.24. The number of carbonyl (C=O) groups excluding carboxylic acids is 1. The van der Waals surface area contributed by atoms with Crippen molar-refractivity contribution in [2.24, 2.45) is 5.92 Å². The van der Waals surface area contributed by atoms with Crippen LogP contribution in [0.4, 0.5) is 0 Å². The third kappa shape index (κ3) is 3.48. The number of nitrogens with one attached hydrogen (secondary N) is 1. The summed E-state index contributed by atoms with van der Waals surface area (Å²) in [6, 6.07) is 0. The molecule has 3 nitrogen and oxygen atoms in total. The molecule has 94 valence electrons. The standard InChI is InChI=1S/C13H25NO2/c1-4-8-13(9-5-2,12(15)16-3)14-10-11-6-7-11/h11,14H,4-10H2,1-3H3. The van der Waals surface area contributed by atoms with Gasteiger partial charge in [-0.3, -0.25) is 4.79 Å². The number of methoxy groups -OCH3 is 1. The van der Waals surface area contributed by atoms with Crippen LogP contribution >= 0.6 is 0 Å². The largest absolute Gasteiger partial charge is 0.468 e. The molecule has 0 amide bonds. The van der Waals surface area contributed by atoms with E-state index in [0.29, 0.717) is 0 Å². The van der Waals surface area contributed by atoms with Crippen molar-refractivity contribution < 1.29 is 9.53 Å².